The maximum atomic E-state index is 13.4. The number of carbonyl (C=O) groups excluding carboxylic acids is 1. The van der Waals surface area contributed by atoms with Crippen molar-refractivity contribution in [2.75, 3.05) is 26.2 Å². The van der Waals surface area contributed by atoms with Gasteiger partial charge >= 0.3 is 0 Å². The number of nitrogens with one attached hydrogen (secondary N) is 1. The van der Waals surface area contributed by atoms with E-state index in [1.807, 2.05) is 0 Å². The second kappa shape index (κ2) is 11.3. The molecule has 0 unspecified atom stereocenters. The lowest BCUT2D eigenvalue weighted by Crippen LogP contribution is -2.42. The number of amides is 1. The molecule has 5 rings (SSSR count). The van der Waals surface area contributed by atoms with Crippen LogP contribution in [-0.2, 0) is 16.6 Å². The number of nitrogens with zero attached hydrogens (tertiary/aromatic N) is 1. The van der Waals surface area contributed by atoms with Crippen molar-refractivity contribution in [3.63, 3.8) is 0 Å². The topological polar surface area (TPSA) is 32.3 Å². The molecule has 1 N–H and O–H groups in total. The third-order valence-corrected chi connectivity index (χ3v) is 7.89. The molecule has 0 radical (unpaired) electrons. The predicted molar refractivity (Wildman–Crippen MR) is 141 cm³/mol. The third-order valence-electron chi connectivity index (χ3n) is 7.89. The van der Waals surface area contributed by atoms with Crippen molar-refractivity contribution in [1.82, 2.24) is 10.2 Å². The second-order valence-electron chi connectivity index (χ2n) is 9.96. The summed E-state index contributed by atoms with van der Waals surface area (Å²) in [5.74, 6) is -1.45. The van der Waals surface area contributed by atoms with E-state index in [-0.39, 0.29) is 25.0 Å². The fraction of sp³-hybridized carbons (Fsp3) is 0.387. The van der Waals surface area contributed by atoms with E-state index in [1.54, 1.807) is 29.8 Å². The van der Waals surface area contributed by atoms with E-state index in [2.05, 4.69) is 34.5 Å². The molecule has 0 bridgehead atoms. The Bertz CT molecular complexity index is 1110. The smallest absolute Gasteiger partial charge is 0.232 e. The predicted octanol–water partition coefficient (Wildman–Crippen LogP) is 6.22. The van der Waals surface area contributed by atoms with Gasteiger partial charge in [0.2, 0.25) is 5.91 Å². The van der Waals surface area contributed by atoms with Crippen LogP contribution in [0.2, 0.25) is 0 Å². The first-order chi connectivity index (χ1) is 17.0. The number of rotatable bonds is 7. The van der Waals surface area contributed by atoms with E-state index < -0.39 is 5.92 Å². The molecular formula is C31H36F2N2O. The van der Waals surface area contributed by atoms with Gasteiger partial charge in [-0.3, -0.25) is 4.79 Å². The molecule has 1 spiro atoms. The molecular weight excluding hydrogens is 454 g/mol. The van der Waals surface area contributed by atoms with Crippen LogP contribution in [0, 0.1) is 11.6 Å². The molecule has 2 aliphatic rings. The summed E-state index contributed by atoms with van der Waals surface area (Å²) in [6.45, 7) is 3.71. The number of benzene rings is 3. The van der Waals surface area contributed by atoms with Gasteiger partial charge in [-0.25, -0.2) is 8.78 Å². The van der Waals surface area contributed by atoms with Crippen molar-refractivity contribution < 1.29 is 13.6 Å². The van der Waals surface area contributed by atoms with Gasteiger partial charge in [-0.15, -0.1) is 0 Å². The van der Waals surface area contributed by atoms with Crippen molar-refractivity contribution in [2.24, 2.45) is 0 Å². The zero-order chi connectivity index (χ0) is 24.3. The number of hydrogen-bond donors (Lipinski definition) is 1. The van der Waals surface area contributed by atoms with Crippen LogP contribution in [0.25, 0.3) is 0 Å². The van der Waals surface area contributed by atoms with Crippen LogP contribution in [0.4, 0.5) is 8.78 Å². The first-order valence-electron chi connectivity index (χ1n) is 12.6. The first kappa shape index (κ1) is 26.0. The van der Waals surface area contributed by atoms with Gasteiger partial charge in [0.05, 0.1) is 5.92 Å². The Balaban J connectivity index is 0.00000304. The summed E-state index contributed by atoms with van der Waals surface area (Å²) < 4.78 is 26.9. The van der Waals surface area contributed by atoms with Crippen LogP contribution >= 0.6 is 0 Å². The number of aryl methyl sites for hydroxylation is 1. The highest BCUT2D eigenvalue weighted by atomic mass is 19.1. The van der Waals surface area contributed by atoms with E-state index >= 15 is 0 Å². The molecule has 0 saturated carbocycles. The molecule has 3 aromatic carbocycles. The van der Waals surface area contributed by atoms with Gasteiger partial charge in [0.15, 0.2) is 0 Å². The molecule has 0 aromatic heterocycles. The van der Waals surface area contributed by atoms with Crippen LogP contribution in [-0.4, -0.2) is 37.0 Å². The average Bonchev–Trinajstić information content (AvgIpc) is 3.24. The van der Waals surface area contributed by atoms with E-state index in [4.69, 9.17) is 0 Å². The molecule has 5 heteroatoms. The average molecular weight is 491 g/mol. The largest absolute Gasteiger partial charge is 0.355 e. The number of likely N-dealkylation sites (tertiary alicyclic amines) is 1. The van der Waals surface area contributed by atoms with Gasteiger partial charge in [-0.2, -0.15) is 0 Å². The SMILES string of the molecule is C.O=C(NCCCN1CCC2(CCc3ccccc32)CC1)C(c1ccc(F)cc1)c1ccc(F)cc1. The van der Waals surface area contributed by atoms with Crippen molar-refractivity contribution in [3.05, 3.63) is 107 Å². The van der Waals surface area contributed by atoms with Crippen LogP contribution in [0.3, 0.4) is 0 Å². The van der Waals surface area contributed by atoms with Gasteiger partial charge in [0.1, 0.15) is 11.6 Å². The van der Waals surface area contributed by atoms with Gasteiger partial charge < -0.3 is 10.2 Å². The molecule has 1 saturated heterocycles. The lowest BCUT2D eigenvalue weighted by atomic mass is 9.74. The molecule has 1 aliphatic carbocycles. The number of hydrogen-bond acceptors (Lipinski definition) is 2. The lowest BCUT2D eigenvalue weighted by Gasteiger charge is -2.40. The summed E-state index contributed by atoms with van der Waals surface area (Å²) in [4.78, 5) is 15.6. The Kier molecular flexibility index (Phi) is 8.20. The third kappa shape index (κ3) is 5.52. The number of carbonyl (C=O) groups is 1. The van der Waals surface area contributed by atoms with Crippen molar-refractivity contribution in [2.45, 2.75) is 50.9 Å². The van der Waals surface area contributed by atoms with Crippen molar-refractivity contribution in [3.8, 4) is 0 Å². The van der Waals surface area contributed by atoms with Gasteiger partial charge in [0.25, 0.3) is 0 Å². The molecule has 3 aromatic rings. The summed E-state index contributed by atoms with van der Waals surface area (Å²) in [7, 11) is 0. The molecule has 1 aliphatic heterocycles. The fourth-order valence-corrected chi connectivity index (χ4v) is 5.91. The molecule has 190 valence electrons. The van der Waals surface area contributed by atoms with E-state index in [0.717, 1.165) is 26.1 Å². The van der Waals surface area contributed by atoms with Crippen molar-refractivity contribution >= 4 is 5.91 Å². The maximum Gasteiger partial charge on any atom is 0.232 e. The monoisotopic (exact) mass is 490 g/mol. The van der Waals surface area contributed by atoms with Gasteiger partial charge in [0, 0.05) is 6.54 Å². The van der Waals surface area contributed by atoms with E-state index in [1.165, 1.54) is 55.5 Å². The van der Waals surface area contributed by atoms with Crippen LogP contribution in [0.5, 0.6) is 0 Å². The number of piperidine rings is 1. The maximum absolute atomic E-state index is 13.4. The number of fused-ring (bicyclic) bond motifs is 2. The Morgan fingerprint density at radius 3 is 2.06 bits per heavy atom. The van der Waals surface area contributed by atoms with Crippen LogP contribution in [0.1, 0.15) is 61.3 Å². The normalized spacial score (nSPS) is 16.5. The molecule has 1 heterocycles. The summed E-state index contributed by atoms with van der Waals surface area (Å²) in [5, 5.41) is 3.06. The summed E-state index contributed by atoms with van der Waals surface area (Å²) in [6.07, 6.45) is 5.74. The highest BCUT2D eigenvalue weighted by molar-refractivity contribution is 5.87. The Morgan fingerprint density at radius 1 is 0.861 bits per heavy atom. The highest BCUT2D eigenvalue weighted by Gasteiger charge is 2.40. The van der Waals surface area contributed by atoms with E-state index in [9.17, 15) is 13.6 Å². The Morgan fingerprint density at radius 2 is 1.44 bits per heavy atom. The molecule has 0 atom stereocenters. The molecule has 1 fully saturated rings. The molecule has 36 heavy (non-hydrogen) atoms. The highest BCUT2D eigenvalue weighted by Crippen LogP contribution is 2.46. The zero-order valence-electron chi connectivity index (χ0n) is 20.0. The Labute approximate surface area is 213 Å². The van der Waals surface area contributed by atoms with Gasteiger partial charge in [-0.05, 0) is 104 Å². The minimum absolute atomic E-state index is 0. The quantitative estimate of drug-likeness (QED) is 0.399. The summed E-state index contributed by atoms with van der Waals surface area (Å²) >= 11 is 0. The fourth-order valence-electron chi connectivity index (χ4n) is 5.91. The minimum Gasteiger partial charge on any atom is -0.355 e. The van der Waals surface area contributed by atoms with Gasteiger partial charge in [-0.1, -0.05) is 56.0 Å². The van der Waals surface area contributed by atoms with Crippen molar-refractivity contribution in [1.29, 1.82) is 0 Å². The summed E-state index contributed by atoms with van der Waals surface area (Å²) in [6, 6.07) is 20.8. The standard InChI is InChI=1S/C30H32F2N2O.CH4/c31-25-10-6-23(7-11-25)28(24-8-12-26(32)13-9-24)29(35)33-18-3-19-34-20-16-30(17-21-34)15-14-22-4-1-2-5-27(22)30;/h1-2,4-13,28H,3,14-21H2,(H,33,35);1H4. The molecule has 1 amide bonds. The zero-order valence-corrected chi connectivity index (χ0v) is 20.0. The van der Waals surface area contributed by atoms with Crippen LogP contribution < -0.4 is 5.32 Å². The Hall–Kier alpha value is -3.05. The lowest BCUT2D eigenvalue weighted by molar-refractivity contribution is -0.121. The second-order valence-corrected chi connectivity index (χ2v) is 9.96. The van der Waals surface area contributed by atoms with Crippen LogP contribution in [0.15, 0.2) is 72.8 Å². The minimum atomic E-state index is -0.603. The summed E-state index contributed by atoms with van der Waals surface area (Å²) in [5.41, 5.74) is 4.83. The number of halogens is 2. The molecule has 3 nitrogen and oxygen atoms in total. The van der Waals surface area contributed by atoms with E-state index in [0.29, 0.717) is 23.1 Å². The first-order valence-corrected chi connectivity index (χ1v) is 12.6.